The Hall–Kier alpha value is 0.423. The number of allylic oxidation sites excluding steroid dienone is 8. The molecule has 82 valence electrons. The summed E-state index contributed by atoms with van der Waals surface area (Å²) in [6.07, 6.45) is 15.6. The van der Waals surface area contributed by atoms with E-state index in [4.69, 9.17) is 0 Å². The van der Waals surface area contributed by atoms with Crippen LogP contribution in [-0.2, 0) is 26.2 Å². The maximum absolute atomic E-state index is 2.30. The molecule has 0 saturated carbocycles. The van der Waals surface area contributed by atoms with Crippen LogP contribution in [0.5, 0.6) is 0 Å². The van der Waals surface area contributed by atoms with Crippen LogP contribution < -0.4 is 0 Å². The Morgan fingerprint density at radius 2 is 1.33 bits per heavy atom. The molecule has 0 heterocycles. The first-order valence-electron chi connectivity index (χ1n) is 4.59. The summed E-state index contributed by atoms with van der Waals surface area (Å²) < 4.78 is 0. The van der Waals surface area contributed by atoms with Crippen molar-refractivity contribution < 1.29 is 26.2 Å². The van der Waals surface area contributed by atoms with E-state index in [0.29, 0.717) is 5.92 Å². The second-order valence-corrected chi connectivity index (χ2v) is 3.47. The van der Waals surface area contributed by atoms with Crippen LogP contribution in [0.1, 0.15) is 19.8 Å². The molecule has 0 unspecified atom stereocenters. The molecule has 0 aromatic carbocycles. The Kier molecular flexibility index (Phi) is 10.2. The van der Waals surface area contributed by atoms with Crippen LogP contribution in [0, 0.1) is 5.92 Å². The maximum Gasteiger partial charge on any atom is 0 e. The smallest absolute Gasteiger partial charge is 0 e. The normalized spacial score (nSPS) is 16.4. The van der Waals surface area contributed by atoms with E-state index in [1.807, 2.05) is 0 Å². The minimum absolute atomic E-state index is 0. The third kappa shape index (κ3) is 4.43. The molecule has 0 atom stereocenters. The van der Waals surface area contributed by atoms with Gasteiger partial charge in [0.2, 0.25) is 0 Å². The topological polar surface area (TPSA) is 0 Å². The van der Waals surface area contributed by atoms with Gasteiger partial charge >= 0.3 is 0 Å². The largest absolute Gasteiger partial charge is 0.147 e. The van der Waals surface area contributed by atoms with Crippen LogP contribution >= 0.6 is 24.8 Å². The molecule has 0 radical (unpaired) electrons. The van der Waals surface area contributed by atoms with E-state index in [0.717, 1.165) is 12.8 Å². The van der Waals surface area contributed by atoms with Gasteiger partial charge < -0.3 is 0 Å². The molecule has 2 rings (SSSR count). The summed E-state index contributed by atoms with van der Waals surface area (Å²) in [5, 5.41) is 0. The van der Waals surface area contributed by atoms with Gasteiger partial charge in [-0.2, -0.15) is 0 Å². The molecule has 0 amide bonds. The van der Waals surface area contributed by atoms with E-state index in [-0.39, 0.29) is 51.0 Å². The molecule has 0 aliphatic heterocycles. The fourth-order valence-corrected chi connectivity index (χ4v) is 1.81. The minimum atomic E-state index is 0. The number of rotatable bonds is 2. The van der Waals surface area contributed by atoms with Gasteiger partial charge in [-0.1, -0.05) is 54.5 Å². The Balaban J connectivity index is 0. The fourth-order valence-electron chi connectivity index (χ4n) is 1.81. The van der Waals surface area contributed by atoms with Crippen molar-refractivity contribution in [1.29, 1.82) is 0 Å². The molecular formula is C12H16Cl2Zr. The average Bonchev–Trinajstić information content (AvgIpc) is 2.77. The first-order chi connectivity index (χ1) is 5.88. The SMILES string of the molecule is CC(C1=CC=CC1)C1=CC=CC1.Cl.Cl.[Zr]. The van der Waals surface area contributed by atoms with Crippen molar-refractivity contribution in [3.8, 4) is 0 Å². The van der Waals surface area contributed by atoms with E-state index < -0.39 is 0 Å². The quantitative estimate of drug-likeness (QED) is 0.713. The molecule has 15 heavy (non-hydrogen) atoms. The zero-order valence-electron chi connectivity index (χ0n) is 8.77. The van der Waals surface area contributed by atoms with E-state index >= 15 is 0 Å². The zero-order chi connectivity index (χ0) is 8.39. The van der Waals surface area contributed by atoms with Crippen LogP contribution in [0.2, 0.25) is 0 Å². The van der Waals surface area contributed by atoms with Crippen molar-refractivity contribution in [3.05, 3.63) is 47.6 Å². The van der Waals surface area contributed by atoms with Crippen LogP contribution in [0.3, 0.4) is 0 Å². The molecule has 0 saturated heterocycles. The van der Waals surface area contributed by atoms with Gasteiger partial charge in [-0.15, -0.1) is 24.8 Å². The van der Waals surface area contributed by atoms with E-state index in [2.05, 4.69) is 43.4 Å². The second kappa shape index (κ2) is 8.56. The first-order valence-corrected chi connectivity index (χ1v) is 4.59. The molecule has 0 bridgehead atoms. The van der Waals surface area contributed by atoms with Gasteiger partial charge in [0, 0.05) is 26.2 Å². The van der Waals surface area contributed by atoms with Gasteiger partial charge in [-0.3, -0.25) is 0 Å². The minimum Gasteiger partial charge on any atom is -0.147 e. The molecular weight excluding hydrogens is 306 g/mol. The monoisotopic (exact) mass is 320 g/mol. The van der Waals surface area contributed by atoms with Crippen molar-refractivity contribution in [1.82, 2.24) is 0 Å². The summed E-state index contributed by atoms with van der Waals surface area (Å²) in [6.45, 7) is 2.30. The predicted octanol–water partition coefficient (Wildman–Crippen LogP) is 4.24. The van der Waals surface area contributed by atoms with Crippen molar-refractivity contribution in [2.75, 3.05) is 0 Å². The average molecular weight is 322 g/mol. The molecule has 0 aromatic rings. The molecule has 2 aliphatic carbocycles. The molecule has 3 heteroatoms. The molecule has 0 N–H and O–H groups in total. The third-order valence-electron chi connectivity index (χ3n) is 2.71. The summed E-state index contributed by atoms with van der Waals surface area (Å²) in [7, 11) is 0. The maximum atomic E-state index is 2.30. The number of halogens is 2. The van der Waals surface area contributed by atoms with E-state index in [1.54, 1.807) is 11.1 Å². The van der Waals surface area contributed by atoms with E-state index in [9.17, 15) is 0 Å². The molecule has 0 nitrogen and oxygen atoms in total. The first kappa shape index (κ1) is 17.8. The molecule has 0 fully saturated rings. The van der Waals surface area contributed by atoms with Crippen LogP contribution in [-0.4, -0.2) is 0 Å². The van der Waals surface area contributed by atoms with E-state index in [1.165, 1.54) is 0 Å². The van der Waals surface area contributed by atoms with Gasteiger partial charge in [-0.05, 0) is 18.8 Å². The Morgan fingerprint density at radius 1 is 0.933 bits per heavy atom. The van der Waals surface area contributed by atoms with Crippen LogP contribution in [0.15, 0.2) is 47.6 Å². The summed E-state index contributed by atoms with van der Waals surface area (Å²) in [5.74, 6) is 0.648. The van der Waals surface area contributed by atoms with Crippen LogP contribution in [0.4, 0.5) is 0 Å². The second-order valence-electron chi connectivity index (χ2n) is 3.47. The summed E-state index contributed by atoms with van der Waals surface area (Å²) in [6, 6.07) is 0. The predicted molar refractivity (Wildman–Crippen MR) is 67.3 cm³/mol. The van der Waals surface area contributed by atoms with Gasteiger partial charge in [-0.25, -0.2) is 0 Å². The standard InChI is InChI=1S/C12H14.2ClH.Zr/c1-10(11-6-2-3-7-11)12-8-4-5-9-12;;;/h2-6,8,10H,7,9H2,1H3;2*1H;. The summed E-state index contributed by atoms with van der Waals surface area (Å²) in [5.41, 5.74) is 3.12. The van der Waals surface area contributed by atoms with Gasteiger partial charge in [0.15, 0.2) is 0 Å². The van der Waals surface area contributed by atoms with Gasteiger partial charge in [0.1, 0.15) is 0 Å². The number of hydrogen-bond donors (Lipinski definition) is 0. The zero-order valence-corrected chi connectivity index (χ0v) is 12.9. The Labute approximate surface area is 124 Å². The van der Waals surface area contributed by atoms with Gasteiger partial charge in [0.25, 0.3) is 0 Å². The van der Waals surface area contributed by atoms with Crippen molar-refractivity contribution in [2.24, 2.45) is 5.92 Å². The Bertz CT molecular complexity index is 271. The Morgan fingerprint density at radius 3 is 1.60 bits per heavy atom. The van der Waals surface area contributed by atoms with Crippen molar-refractivity contribution in [3.63, 3.8) is 0 Å². The van der Waals surface area contributed by atoms with Crippen LogP contribution in [0.25, 0.3) is 0 Å². The summed E-state index contributed by atoms with van der Waals surface area (Å²) in [4.78, 5) is 0. The van der Waals surface area contributed by atoms with Gasteiger partial charge in [0.05, 0.1) is 0 Å². The van der Waals surface area contributed by atoms with Crippen molar-refractivity contribution in [2.45, 2.75) is 19.8 Å². The van der Waals surface area contributed by atoms with Crippen molar-refractivity contribution >= 4 is 24.8 Å². The molecule has 0 spiro atoms. The molecule has 2 aliphatic rings. The third-order valence-corrected chi connectivity index (χ3v) is 2.71. The fraction of sp³-hybridized carbons (Fsp3) is 0.333. The number of hydrogen-bond acceptors (Lipinski definition) is 0. The molecule has 0 aromatic heterocycles. The summed E-state index contributed by atoms with van der Waals surface area (Å²) >= 11 is 0.